The standard InChI is InChI=1S/C21H28N2O4S/c1-28(26,27)14-12-19(20(24)22-13-11-16-7-3-2-4-8-16)23-15-17-9-5-6-10-18(17)21(23)25/h5-7,9-10,19H,2-4,8,11-15H2,1H3,(H,22,24). The van der Waals surface area contributed by atoms with Crippen molar-refractivity contribution in [1.82, 2.24) is 10.2 Å². The molecule has 152 valence electrons. The average molecular weight is 405 g/mol. The minimum Gasteiger partial charge on any atom is -0.354 e. The third-order valence-electron chi connectivity index (χ3n) is 5.42. The van der Waals surface area contributed by atoms with Crippen molar-refractivity contribution in [2.75, 3.05) is 18.6 Å². The molecule has 0 fully saturated rings. The summed E-state index contributed by atoms with van der Waals surface area (Å²) in [4.78, 5) is 27.1. The molecular formula is C21H28N2O4S. The van der Waals surface area contributed by atoms with Crippen LogP contribution in [-0.2, 0) is 21.2 Å². The Morgan fingerprint density at radius 3 is 2.71 bits per heavy atom. The summed E-state index contributed by atoms with van der Waals surface area (Å²) in [6.45, 7) is 0.844. The number of carbonyl (C=O) groups is 2. The molecule has 1 heterocycles. The van der Waals surface area contributed by atoms with Crippen molar-refractivity contribution < 1.29 is 18.0 Å². The first kappa shape index (κ1) is 20.6. The highest BCUT2D eigenvalue weighted by Crippen LogP contribution is 2.26. The summed E-state index contributed by atoms with van der Waals surface area (Å²) < 4.78 is 23.3. The lowest BCUT2D eigenvalue weighted by Crippen LogP contribution is -2.48. The highest BCUT2D eigenvalue weighted by Gasteiger charge is 2.36. The fourth-order valence-corrected chi connectivity index (χ4v) is 4.53. The van der Waals surface area contributed by atoms with Gasteiger partial charge in [0.25, 0.3) is 5.91 Å². The summed E-state index contributed by atoms with van der Waals surface area (Å²) in [7, 11) is -3.23. The van der Waals surface area contributed by atoms with Crippen LogP contribution < -0.4 is 5.32 Å². The SMILES string of the molecule is CS(=O)(=O)CCC(C(=O)NCCC1=CCCCC1)N1Cc2ccccc2C1=O. The summed E-state index contributed by atoms with van der Waals surface area (Å²) in [6.07, 6.45) is 8.90. The highest BCUT2D eigenvalue weighted by molar-refractivity contribution is 7.90. The van der Waals surface area contributed by atoms with Gasteiger partial charge in [0.15, 0.2) is 0 Å². The first-order valence-corrected chi connectivity index (χ1v) is 11.9. The minimum absolute atomic E-state index is 0.104. The van der Waals surface area contributed by atoms with Crippen molar-refractivity contribution in [2.45, 2.75) is 51.1 Å². The molecule has 0 radical (unpaired) electrons. The number of hydrogen-bond donors (Lipinski definition) is 1. The van der Waals surface area contributed by atoms with Gasteiger partial charge in [0.05, 0.1) is 5.75 Å². The Bertz CT molecular complexity index is 876. The van der Waals surface area contributed by atoms with E-state index < -0.39 is 15.9 Å². The lowest BCUT2D eigenvalue weighted by atomic mass is 9.97. The number of carbonyl (C=O) groups excluding carboxylic acids is 2. The maximum atomic E-state index is 12.9. The summed E-state index contributed by atoms with van der Waals surface area (Å²) >= 11 is 0. The zero-order chi connectivity index (χ0) is 20.1. The minimum atomic E-state index is -3.23. The Morgan fingerprint density at radius 1 is 1.25 bits per heavy atom. The smallest absolute Gasteiger partial charge is 0.255 e. The molecule has 2 amide bonds. The largest absolute Gasteiger partial charge is 0.354 e. The lowest BCUT2D eigenvalue weighted by molar-refractivity contribution is -0.125. The third kappa shape index (κ3) is 5.22. The molecule has 1 aliphatic carbocycles. The van der Waals surface area contributed by atoms with Crippen LogP contribution in [0, 0.1) is 0 Å². The number of sulfone groups is 1. The molecule has 0 saturated carbocycles. The highest BCUT2D eigenvalue weighted by atomic mass is 32.2. The van der Waals surface area contributed by atoms with E-state index in [1.165, 1.54) is 23.3 Å². The van der Waals surface area contributed by atoms with Crippen LogP contribution in [0.2, 0.25) is 0 Å². The van der Waals surface area contributed by atoms with Crippen molar-refractivity contribution >= 4 is 21.7 Å². The Labute approximate surface area is 166 Å². The van der Waals surface area contributed by atoms with E-state index in [0.29, 0.717) is 18.7 Å². The fourth-order valence-electron chi connectivity index (χ4n) is 3.88. The van der Waals surface area contributed by atoms with E-state index in [1.807, 2.05) is 12.1 Å². The molecule has 2 aliphatic rings. The van der Waals surface area contributed by atoms with Gasteiger partial charge in [-0.3, -0.25) is 9.59 Å². The summed E-state index contributed by atoms with van der Waals surface area (Å²) in [5.41, 5.74) is 2.83. The van der Waals surface area contributed by atoms with Gasteiger partial charge in [0.2, 0.25) is 5.91 Å². The molecule has 1 unspecified atom stereocenters. The fraction of sp³-hybridized carbons (Fsp3) is 0.524. The molecular weight excluding hydrogens is 376 g/mol. The zero-order valence-corrected chi connectivity index (χ0v) is 17.1. The van der Waals surface area contributed by atoms with Crippen molar-refractivity contribution in [1.29, 1.82) is 0 Å². The van der Waals surface area contributed by atoms with E-state index in [2.05, 4.69) is 11.4 Å². The number of allylic oxidation sites excluding steroid dienone is 1. The van der Waals surface area contributed by atoms with Gasteiger partial charge in [-0.05, 0) is 50.2 Å². The number of hydrogen-bond acceptors (Lipinski definition) is 4. The van der Waals surface area contributed by atoms with E-state index in [4.69, 9.17) is 0 Å². The lowest BCUT2D eigenvalue weighted by Gasteiger charge is -2.27. The Balaban J connectivity index is 1.67. The van der Waals surface area contributed by atoms with Crippen LogP contribution in [0.1, 0.15) is 54.4 Å². The maximum absolute atomic E-state index is 12.9. The van der Waals surface area contributed by atoms with Gasteiger partial charge in [-0.15, -0.1) is 0 Å². The van der Waals surface area contributed by atoms with Gasteiger partial charge in [-0.25, -0.2) is 8.42 Å². The molecule has 0 spiro atoms. The van der Waals surface area contributed by atoms with Crippen LogP contribution in [0.5, 0.6) is 0 Å². The zero-order valence-electron chi connectivity index (χ0n) is 16.3. The van der Waals surface area contributed by atoms with Crippen molar-refractivity contribution in [2.24, 2.45) is 0 Å². The molecule has 1 aliphatic heterocycles. The predicted molar refractivity (Wildman–Crippen MR) is 109 cm³/mol. The molecule has 6 nitrogen and oxygen atoms in total. The monoisotopic (exact) mass is 404 g/mol. The van der Waals surface area contributed by atoms with Crippen molar-refractivity contribution in [3.8, 4) is 0 Å². The molecule has 1 aromatic rings. The second-order valence-electron chi connectivity index (χ2n) is 7.67. The third-order valence-corrected chi connectivity index (χ3v) is 6.40. The van der Waals surface area contributed by atoms with E-state index in [-0.39, 0.29) is 24.0 Å². The molecule has 0 bridgehead atoms. The van der Waals surface area contributed by atoms with E-state index >= 15 is 0 Å². The second kappa shape index (κ2) is 8.90. The number of amides is 2. The Morgan fingerprint density at radius 2 is 2.04 bits per heavy atom. The molecule has 7 heteroatoms. The number of rotatable bonds is 8. The average Bonchev–Trinajstić information content (AvgIpc) is 2.99. The maximum Gasteiger partial charge on any atom is 0.255 e. The first-order chi connectivity index (χ1) is 13.3. The first-order valence-electron chi connectivity index (χ1n) is 9.87. The van der Waals surface area contributed by atoms with Crippen molar-refractivity contribution in [3.05, 3.63) is 47.0 Å². The van der Waals surface area contributed by atoms with Crippen LogP contribution in [0.25, 0.3) is 0 Å². The summed E-state index contributed by atoms with van der Waals surface area (Å²) in [5.74, 6) is -0.614. The van der Waals surface area contributed by atoms with Gasteiger partial charge >= 0.3 is 0 Å². The summed E-state index contributed by atoms with van der Waals surface area (Å²) in [5, 5.41) is 2.92. The molecule has 1 aromatic carbocycles. The number of nitrogens with zero attached hydrogens (tertiary/aromatic N) is 1. The van der Waals surface area contributed by atoms with Crippen LogP contribution in [0.3, 0.4) is 0 Å². The molecule has 0 saturated heterocycles. The van der Waals surface area contributed by atoms with E-state index in [1.54, 1.807) is 12.1 Å². The van der Waals surface area contributed by atoms with Crippen LogP contribution in [0.15, 0.2) is 35.9 Å². The van der Waals surface area contributed by atoms with Crippen LogP contribution in [-0.4, -0.2) is 49.7 Å². The van der Waals surface area contributed by atoms with Gasteiger partial charge in [-0.2, -0.15) is 0 Å². The van der Waals surface area contributed by atoms with E-state index in [0.717, 1.165) is 31.1 Å². The van der Waals surface area contributed by atoms with E-state index in [9.17, 15) is 18.0 Å². The van der Waals surface area contributed by atoms with Crippen LogP contribution in [0.4, 0.5) is 0 Å². The second-order valence-corrected chi connectivity index (χ2v) is 9.93. The van der Waals surface area contributed by atoms with Gasteiger partial charge in [-0.1, -0.05) is 29.8 Å². The number of fused-ring (bicyclic) bond motifs is 1. The van der Waals surface area contributed by atoms with Crippen LogP contribution >= 0.6 is 0 Å². The number of nitrogens with one attached hydrogen (secondary N) is 1. The van der Waals surface area contributed by atoms with Crippen molar-refractivity contribution in [3.63, 3.8) is 0 Å². The topological polar surface area (TPSA) is 83.6 Å². The quantitative estimate of drug-likeness (QED) is 0.675. The Kier molecular flexibility index (Phi) is 6.54. The number of benzene rings is 1. The van der Waals surface area contributed by atoms with Gasteiger partial charge in [0, 0.05) is 24.9 Å². The molecule has 28 heavy (non-hydrogen) atoms. The molecule has 0 aromatic heterocycles. The molecule has 1 N–H and O–H groups in total. The summed E-state index contributed by atoms with van der Waals surface area (Å²) in [6, 6.07) is 6.49. The molecule has 3 rings (SSSR count). The predicted octanol–water partition coefficient (Wildman–Crippen LogP) is 2.45. The van der Waals surface area contributed by atoms with Gasteiger partial charge < -0.3 is 10.2 Å². The van der Waals surface area contributed by atoms with Gasteiger partial charge in [0.1, 0.15) is 15.9 Å². The normalized spacial score (nSPS) is 17.8. The molecule has 1 atom stereocenters. The Hall–Kier alpha value is -2.15.